The second-order valence-electron chi connectivity index (χ2n) is 3.93. The Kier molecular flexibility index (Phi) is 3.86. The van der Waals surface area contributed by atoms with E-state index in [-0.39, 0.29) is 11.9 Å². The summed E-state index contributed by atoms with van der Waals surface area (Å²) in [5.41, 5.74) is 8.85. The van der Waals surface area contributed by atoms with Gasteiger partial charge in [-0.15, -0.1) is 0 Å². The van der Waals surface area contributed by atoms with Gasteiger partial charge >= 0.3 is 0 Å². The van der Waals surface area contributed by atoms with Crippen molar-refractivity contribution in [3.05, 3.63) is 34.9 Å². The first-order valence-electron chi connectivity index (χ1n) is 5.09. The monoisotopic (exact) mass is 206 g/mol. The van der Waals surface area contributed by atoms with Gasteiger partial charge in [-0.05, 0) is 31.9 Å². The Labute approximate surface area is 90.7 Å². The first-order valence-corrected chi connectivity index (χ1v) is 5.09. The third kappa shape index (κ3) is 3.36. The predicted octanol–water partition coefficient (Wildman–Crippen LogP) is 1.27. The van der Waals surface area contributed by atoms with E-state index in [1.54, 1.807) is 6.92 Å². The second kappa shape index (κ2) is 4.94. The summed E-state index contributed by atoms with van der Waals surface area (Å²) in [5, 5.41) is 3.08. The molecule has 0 aromatic heterocycles. The van der Waals surface area contributed by atoms with Crippen molar-refractivity contribution in [2.45, 2.75) is 33.4 Å². The number of aryl methyl sites for hydroxylation is 2. The highest BCUT2D eigenvalue weighted by Gasteiger charge is 2.07. The van der Waals surface area contributed by atoms with Gasteiger partial charge in [0.1, 0.15) is 0 Å². The van der Waals surface area contributed by atoms with Gasteiger partial charge in [0, 0.05) is 6.54 Å². The smallest absolute Gasteiger partial charge is 0.234 e. The number of primary amides is 1. The standard InChI is InChI=1S/C12H18N2O/c1-8-4-5-11(9(2)6-8)7-14-10(3)12(13)15/h4-6,10,14H,7H2,1-3H3,(H2,13,15). The predicted molar refractivity (Wildman–Crippen MR) is 61.4 cm³/mol. The molecule has 1 amide bonds. The van der Waals surface area contributed by atoms with E-state index in [1.165, 1.54) is 16.7 Å². The molecular formula is C12H18N2O. The van der Waals surface area contributed by atoms with Crippen LogP contribution in [0.1, 0.15) is 23.6 Å². The molecule has 1 atom stereocenters. The summed E-state index contributed by atoms with van der Waals surface area (Å²) >= 11 is 0. The van der Waals surface area contributed by atoms with E-state index in [1.807, 2.05) is 0 Å². The molecule has 0 aliphatic rings. The topological polar surface area (TPSA) is 55.1 Å². The summed E-state index contributed by atoms with van der Waals surface area (Å²) < 4.78 is 0. The van der Waals surface area contributed by atoms with Crippen LogP contribution >= 0.6 is 0 Å². The third-order valence-electron chi connectivity index (χ3n) is 2.52. The molecule has 0 fully saturated rings. The zero-order chi connectivity index (χ0) is 11.4. The molecule has 0 spiro atoms. The van der Waals surface area contributed by atoms with Gasteiger partial charge in [-0.2, -0.15) is 0 Å². The van der Waals surface area contributed by atoms with E-state index in [4.69, 9.17) is 5.73 Å². The van der Waals surface area contributed by atoms with Crippen LogP contribution in [0.3, 0.4) is 0 Å². The number of rotatable bonds is 4. The molecule has 1 aromatic rings. The van der Waals surface area contributed by atoms with Gasteiger partial charge in [0.2, 0.25) is 5.91 Å². The minimum absolute atomic E-state index is 0.286. The van der Waals surface area contributed by atoms with E-state index >= 15 is 0 Å². The van der Waals surface area contributed by atoms with E-state index in [0.29, 0.717) is 6.54 Å². The number of carbonyl (C=O) groups is 1. The lowest BCUT2D eigenvalue weighted by atomic mass is 10.1. The maximum absolute atomic E-state index is 10.8. The fourth-order valence-corrected chi connectivity index (χ4v) is 1.41. The van der Waals surface area contributed by atoms with Crippen molar-refractivity contribution in [1.82, 2.24) is 5.32 Å². The molecule has 82 valence electrons. The SMILES string of the molecule is Cc1ccc(CNC(C)C(N)=O)c(C)c1. The number of carbonyl (C=O) groups excluding carboxylic acids is 1. The molecule has 0 saturated carbocycles. The number of nitrogens with one attached hydrogen (secondary N) is 1. The van der Waals surface area contributed by atoms with Crippen LogP contribution in [0.15, 0.2) is 18.2 Å². The lowest BCUT2D eigenvalue weighted by molar-refractivity contribution is -0.119. The molecule has 0 saturated heterocycles. The first kappa shape index (κ1) is 11.7. The molecule has 0 bridgehead atoms. The lowest BCUT2D eigenvalue weighted by Crippen LogP contribution is -2.38. The molecule has 1 unspecified atom stereocenters. The molecule has 3 nitrogen and oxygen atoms in total. The van der Waals surface area contributed by atoms with Crippen LogP contribution in [-0.4, -0.2) is 11.9 Å². The fraction of sp³-hybridized carbons (Fsp3) is 0.417. The summed E-state index contributed by atoms with van der Waals surface area (Å²) in [6.45, 7) is 6.58. The highest BCUT2D eigenvalue weighted by atomic mass is 16.1. The van der Waals surface area contributed by atoms with Crippen LogP contribution < -0.4 is 11.1 Å². The van der Waals surface area contributed by atoms with Gasteiger partial charge in [-0.1, -0.05) is 23.8 Å². The van der Waals surface area contributed by atoms with Crippen molar-refractivity contribution in [2.24, 2.45) is 5.73 Å². The van der Waals surface area contributed by atoms with Crippen LogP contribution in [0.5, 0.6) is 0 Å². The largest absolute Gasteiger partial charge is 0.368 e. The maximum atomic E-state index is 10.8. The normalized spacial score (nSPS) is 12.5. The Bertz CT molecular complexity index is 361. The first-order chi connectivity index (χ1) is 7.00. The average Bonchev–Trinajstić information content (AvgIpc) is 2.15. The fourth-order valence-electron chi connectivity index (χ4n) is 1.41. The quantitative estimate of drug-likeness (QED) is 0.779. The maximum Gasteiger partial charge on any atom is 0.234 e. The van der Waals surface area contributed by atoms with E-state index in [0.717, 1.165) is 0 Å². The molecule has 15 heavy (non-hydrogen) atoms. The van der Waals surface area contributed by atoms with E-state index in [2.05, 4.69) is 37.4 Å². The van der Waals surface area contributed by atoms with Gasteiger partial charge in [0.25, 0.3) is 0 Å². The number of amides is 1. The Morgan fingerprint density at radius 3 is 2.67 bits per heavy atom. The van der Waals surface area contributed by atoms with E-state index in [9.17, 15) is 4.79 Å². The minimum atomic E-state index is -0.320. The highest BCUT2D eigenvalue weighted by Crippen LogP contribution is 2.10. The van der Waals surface area contributed by atoms with Crippen LogP contribution in [0.4, 0.5) is 0 Å². The number of benzene rings is 1. The highest BCUT2D eigenvalue weighted by molar-refractivity contribution is 5.79. The van der Waals surface area contributed by atoms with Crippen molar-refractivity contribution in [3.63, 3.8) is 0 Å². The summed E-state index contributed by atoms with van der Waals surface area (Å²) in [7, 11) is 0. The van der Waals surface area contributed by atoms with Crippen molar-refractivity contribution < 1.29 is 4.79 Å². The Hall–Kier alpha value is -1.35. The molecule has 0 heterocycles. The Morgan fingerprint density at radius 2 is 2.13 bits per heavy atom. The molecule has 0 aliphatic carbocycles. The lowest BCUT2D eigenvalue weighted by Gasteiger charge is -2.12. The molecule has 0 aliphatic heterocycles. The summed E-state index contributed by atoms with van der Waals surface area (Å²) in [6, 6.07) is 5.99. The number of nitrogens with two attached hydrogens (primary N) is 1. The minimum Gasteiger partial charge on any atom is -0.368 e. The second-order valence-corrected chi connectivity index (χ2v) is 3.93. The third-order valence-corrected chi connectivity index (χ3v) is 2.52. The average molecular weight is 206 g/mol. The Morgan fingerprint density at radius 1 is 1.47 bits per heavy atom. The summed E-state index contributed by atoms with van der Waals surface area (Å²) in [5.74, 6) is -0.320. The van der Waals surface area contributed by atoms with Crippen LogP contribution in [0.2, 0.25) is 0 Å². The molecular weight excluding hydrogens is 188 g/mol. The van der Waals surface area contributed by atoms with E-state index < -0.39 is 0 Å². The summed E-state index contributed by atoms with van der Waals surface area (Å²) in [6.07, 6.45) is 0. The van der Waals surface area contributed by atoms with Gasteiger partial charge in [0.15, 0.2) is 0 Å². The zero-order valence-electron chi connectivity index (χ0n) is 9.50. The summed E-state index contributed by atoms with van der Waals surface area (Å²) in [4.78, 5) is 10.8. The van der Waals surface area contributed by atoms with Gasteiger partial charge in [-0.25, -0.2) is 0 Å². The van der Waals surface area contributed by atoms with Crippen LogP contribution in [0.25, 0.3) is 0 Å². The van der Waals surface area contributed by atoms with Gasteiger partial charge < -0.3 is 11.1 Å². The van der Waals surface area contributed by atoms with Gasteiger partial charge in [0.05, 0.1) is 6.04 Å². The van der Waals surface area contributed by atoms with Crippen LogP contribution in [-0.2, 0) is 11.3 Å². The molecule has 3 heteroatoms. The molecule has 1 rings (SSSR count). The zero-order valence-corrected chi connectivity index (χ0v) is 9.50. The van der Waals surface area contributed by atoms with Crippen molar-refractivity contribution >= 4 is 5.91 Å². The Balaban J connectivity index is 2.62. The molecule has 0 radical (unpaired) electrons. The van der Waals surface area contributed by atoms with Crippen molar-refractivity contribution in [2.75, 3.05) is 0 Å². The van der Waals surface area contributed by atoms with Crippen molar-refractivity contribution in [1.29, 1.82) is 0 Å². The molecule has 1 aromatic carbocycles. The van der Waals surface area contributed by atoms with Crippen molar-refractivity contribution in [3.8, 4) is 0 Å². The number of hydrogen-bond acceptors (Lipinski definition) is 2. The molecule has 3 N–H and O–H groups in total. The van der Waals surface area contributed by atoms with Crippen LogP contribution in [0, 0.1) is 13.8 Å². The number of hydrogen-bond donors (Lipinski definition) is 2. The van der Waals surface area contributed by atoms with Gasteiger partial charge in [-0.3, -0.25) is 4.79 Å².